The van der Waals surface area contributed by atoms with Crippen LogP contribution in [0.5, 0.6) is 17.2 Å². The topological polar surface area (TPSA) is 98.0 Å². The zero-order valence-corrected chi connectivity index (χ0v) is 21.1. The molecule has 0 radical (unpaired) electrons. The lowest BCUT2D eigenvalue weighted by Crippen LogP contribution is -2.41. The molecule has 198 valence electrons. The van der Waals surface area contributed by atoms with Gasteiger partial charge in [0.25, 0.3) is 11.8 Å². The van der Waals surface area contributed by atoms with Crippen molar-refractivity contribution >= 4 is 21.9 Å². The number of carbonyl (C=O) groups excluding carboxylic acids is 1. The van der Waals surface area contributed by atoms with Gasteiger partial charge in [0, 0.05) is 26.3 Å². The Morgan fingerprint density at radius 3 is 2.32 bits per heavy atom. The summed E-state index contributed by atoms with van der Waals surface area (Å²) in [4.78, 5) is 37.1. The van der Waals surface area contributed by atoms with Crippen LogP contribution in [0.25, 0.3) is 5.69 Å². The molecule has 1 heterocycles. The minimum atomic E-state index is -4.98. The van der Waals surface area contributed by atoms with E-state index in [-0.39, 0.29) is 43.5 Å². The van der Waals surface area contributed by atoms with Crippen LogP contribution in [0.15, 0.2) is 56.5 Å². The molecule has 0 aliphatic carbocycles. The Labute approximate surface area is 214 Å². The highest BCUT2D eigenvalue weighted by Gasteiger charge is 2.35. The summed E-state index contributed by atoms with van der Waals surface area (Å²) in [7, 11) is 2.02. The number of alkyl halides is 3. The molecule has 0 bridgehead atoms. The predicted octanol–water partition coefficient (Wildman–Crippen LogP) is 4.16. The van der Waals surface area contributed by atoms with Crippen LogP contribution in [-0.4, -0.2) is 35.1 Å². The molecule has 0 N–H and O–H groups in total. The van der Waals surface area contributed by atoms with Gasteiger partial charge in [-0.25, -0.2) is 18.5 Å². The van der Waals surface area contributed by atoms with Crippen molar-refractivity contribution in [2.24, 2.45) is 7.05 Å². The fourth-order valence-electron chi connectivity index (χ4n) is 3.16. The fourth-order valence-corrected chi connectivity index (χ4v) is 3.55. The van der Waals surface area contributed by atoms with Gasteiger partial charge in [-0.2, -0.15) is 13.2 Å². The van der Waals surface area contributed by atoms with Gasteiger partial charge in [-0.15, -0.1) is 0 Å². The monoisotopic (exact) mass is 590 g/mol. The number of aromatic nitrogens is 2. The molecular formula is C23H19BrF4N2O7. The largest absolute Gasteiger partial charge is 0.461 e. The fraction of sp³-hybridized carbons (Fsp3) is 0.261. The first-order valence-electron chi connectivity index (χ1n) is 10.4. The number of esters is 1. The molecule has 3 aromatic rings. The van der Waals surface area contributed by atoms with Crippen LogP contribution < -0.4 is 20.7 Å². The number of ether oxygens (including phenoxy) is 4. The number of methoxy groups -OCH3 is 1. The van der Waals surface area contributed by atoms with Gasteiger partial charge < -0.3 is 18.9 Å². The number of halogens is 5. The van der Waals surface area contributed by atoms with E-state index in [4.69, 9.17) is 18.9 Å². The van der Waals surface area contributed by atoms with E-state index in [1.807, 2.05) is 0 Å². The molecule has 0 fully saturated rings. The van der Waals surface area contributed by atoms with E-state index in [9.17, 15) is 31.9 Å². The van der Waals surface area contributed by atoms with E-state index in [0.29, 0.717) is 0 Å². The summed E-state index contributed by atoms with van der Waals surface area (Å²) < 4.78 is 76.0. The van der Waals surface area contributed by atoms with Gasteiger partial charge in [-0.1, -0.05) is 12.1 Å². The Kier molecular flexibility index (Phi) is 8.43. The standard InChI is InChI=1S/C23H19BrF4N2O7/c1-4-35-20(32)21(34-3)37-16-8-6-5-7-15(16)36-17-10-14(13(25)9-12(17)24)30-19(31)11-18(23(26,27)28)29(2)22(30)33/h5-11,21H,4H2,1-3H3/t21-/m0/s1. The normalized spacial score (nSPS) is 12.2. The van der Waals surface area contributed by atoms with Gasteiger partial charge in [-0.3, -0.25) is 9.36 Å². The zero-order valence-electron chi connectivity index (χ0n) is 19.5. The SMILES string of the molecule is CCOC(=O)[C@@H](OC)Oc1ccccc1Oc1cc(-n2c(=O)cc(C(F)(F)F)n(C)c2=O)c(F)cc1Br. The van der Waals surface area contributed by atoms with E-state index < -0.39 is 46.9 Å². The maximum atomic E-state index is 14.8. The number of para-hydroxylation sites is 2. The van der Waals surface area contributed by atoms with Crippen molar-refractivity contribution in [3.63, 3.8) is 0 Å². The minimum absolute atomic E-state index is 0.0137. The van der Waals surface area contributed by atoms with E-state index in [2.05, 4.69) is 15.9 Å². The second-order valence-electron chi connectivity index (χ2n) is 7.26. The minimum Gasteiger partial charge on any atom is -0.461 e. The summed E-state index contributed by atoms with van der Waals surface area (Å²) in [6.07, 6.45) is -6.42. The number of hydrogen-bond acceptors (Lipinski definition) is 7. The van der Waals surface area contributed by atoms with Gasteiger partial charge in [0.1, 0.15) is 17.3 Å². The van der Waals surface area contributed by atoms with Crippen LogP contribution in [0.1, 0.15) is 12.6 Å². The number of nitrogens with zero attached hydrogens (tertiary/aromatic N) is 2. The highest BCUT2D eigenvalue weighted by molar-refractivity contribution is 9.10. The van der Waals surface area contributed by atoms with Crippen molar-refractivity contribution in [1.29, 1.82) is 0 Å². The first-order chi connectivity index (χ1) is 17.4. The molecule has 0 spiro atoms. The van der Waals surface area contributed by atoms with Crippen LogP contribution in [0, 0.1) is 5.82 Å². The molecule has 0 unspecified atom stereocenters. The smallest absolute Gasteiger partial charge is 0.431 e. The summed E-state index contributed by atoms with van der Waals surface area (Å²) in [6, 6.07) is 8.01. The van der Waals surface area contributed by atoms with Crippen molar-refractivity contribution in [3.05, 3.63) is 79.3 Å². The quantitative estimate of drug-likeness (QED) is 0.221. The van der Waals surface area contributed by atoms with Crippen molar-refractivity contribution in [3.8, 4) is 22.9 Å². The van der Waals surface area contributed by atoms with Gasteiger partial charge in [-0.05, 0) is 41.1 Å². The molecule has 1 atom stereocenters. The van der Waals surface area contributed by atoms with Crippen molar-refractivity contribution in [2.75, 3.05) is 13.7 Å². The lowest BCUT2D eigenvalue weighted by Gasteiger charge is -2.19. The molecule has 9 nitrogen and oxygen atoms in total. The third-order valence-corrected chi connectivity index (χ3v) is 5.47. The number of benzene rings is 2. The van der Waals surface area contributed by atoms with Gasteiger partial charge in [0.2, 0.25) is 0 Å². The molecule has 0 amide bonds. The summed E-state index contributed by atoms with van der Waals surface area (Å²) in [5.74, 6) is -2.00. The van der Waals surface area contributed by atoms with Crippen LogP contribution in [-0.2, 0) is 27.5 Å². The van der Waals surface area contributed by atoms with Crippen LogP contribution >= 0.6 is 15.9 Å². The molecule has 0 aliphatic rings. The summed E-state index contributed by atoms with van der Waals surface area (Å²) >= 11 is 3.11. The lowest BCUT2D eigenvalue weighted by molar-refractivity contribution is -0.172. The Morgan fingerprint density at radius 2 is 1.73 bits per heavy atom. The molecule has 14 heteroatoms. The predicted molar refractivity (Wildman–Crippen MR) is 125 cm³/mol. The zero-order chi connectivity index (χ0) is 27.5. The average Bonchev–Trinajstić information content (AvgIpc) is 2.82. The molecule has 0 saturated heterocycles. The Hall–Kier alpha value is -3.65. The number of hydrogen-bond donors (Lipinski definition) is 0. The molecule has 3 rings (SSSR count). The van der Waals surface area contributed by atoms with Crippen LogP contribution in [0.2, 0.25) is 0 Å². The van der Waals surface area contributed by atoms with Crippen LogP contribution in [0.3, 0.4) is 0 Å². The van der Waals surface area contributed by atoms with E-state index in [1.54, 1.807) is 19.1 Å². The maximum Gasteiger partial charge on any atom is 0.431 e. The third kappa shape index (κ3) is 6.02. The molecule has 0 saturated carbocycles. The summed E-state index contributed by atoms with van der Waals surface area (Å²) in [5, 5.41) is 0. The van der Waals surface area contributed by atoms with Crippen molar-refractivity contribution < 1.29 is 41.3 Å². The van der Waals surface area contributed by atoms with E-state index in [0.717, 1.165) is 19.2 Å². The Bertz CT molecular complexity index is 1440. The van der Waals surface area contributed by atoms with E-state index >= 15 is 0 Å². The van der Waals surface area contributed by atoms with E-state index in [1.165, 1.54) is 19.2 Å². The molecule has 37 heavy (non-hydrogen) atoms. The first kappa shape index (κ1) is 27.9. The van der Waals surface area contributed by atoms with Crippen molar-refractivity contribution in [2.45, 2.75) is 19.4 Å². The second-order valence-corrected chi connectivity index (χ2v) is 8.12. The second kappa shape index (κ2) is 11.2. The highest BCUT2D eigenvalue weighted by Crippen LogP contribution is 2.37. The molecule has 1 aromatic heterocycles. The number of rotatable bonds is 8. The summed E-state index contributed by atoms with van der Waals surface area (Å²) in [5.41, 5.74) is -4.97. The van der Waals surface area contributed by atoms with Gasteiger partial charge >= 0.3 is 17.8 Å². The molecule has 2 aromatic carbocycles. The Balaban J connectivity index is 2.07. The van der Waals surface area contributed by atoms with Crippen molar-refractivity contribution in [1.82, 2.24) is 9.13 Å². The Morgan fingerprint density at radius 1 is 1.08 bits per heavy atom. The average molecular weight is 591 g/mol. The third-order valence-electron chi connectivity index (χ3n) is 4.85. The highest BCUT2D eigenvalue weighted by atomic mass is 79.9. The van der Waals surface area contributed by atoms with Gasteiger partial charge in [0.15, 0.2) is 11.5 Å². The summed E-state index contributed by atoms with van der Waals surface area (Å²) in [6.45, 7) is 1.68. The molecular weight excluding hydrogens is 572 g/mol. The van der Waals surface area contributed by atoms with Crippen LogP contribution in [0.4, 0.5) is 17.6 Å². The number of carbonyl (C=O) groups is 1. The maximum absolute atomic E-state index is 14.8. The lowest BCUT2D eigenvalue weighted by atomic mass is 10.2. The van der Waals surface area contributed by atoms with Gasteiger partial charge in [0.05, 0.1) is 16.8 Å². The first-order valence-corrected chi connectivity index (χ1v) is 11.2. The molecule has 0 aliphatic heterocycles.